The quantitative estimate of drug-likeness (QED) is 0.315. The molecular formula is C19H35O4-. The first kappa shape index (κ1) is 21.9. The molecule has 0 saturated carbocycles. The lowest BCUT2D eigenvalue weighted by Crippen LogP contribution is -2.38. The minimum absolute atomic E-state index is 0.361. The maximum atomic E-state index is 10.8. The van der Waals surface area contributed by atoms with E-state index in [2.05, 4.69) is 6.92 Å². The molecule has 136 valence electrons. The van der Waals surface area contributed by atoms with Crippen molar-refractivity contribution in [2.45, 2.75) is 110 Å². The van der Waals surface area contributed by atoms with Crippen LogP contribution in [0.1, 0.15) is 104 Å². The largest absolute Gasteiger partial charge is 0.546 e. The van der Waals surface area contributed by atoms with Crippen LogP contribution in [-0.4, -0.2) is 18.0 Å². The zero-order chi connectivity index (χ0) is 17.3. The highest BCUT2D eigenvalue weighted by atomic mass is 16.6. The van der Waals surface area contributed by atoms with Gasteiger partial charge in [0.2, 0.25) is 0 Å². The zero-order valence-electron chi connectivity index (χ0n) is 15.1. The molecule has 1 atom stereocenters. The van der Waals surface area contributed by atoms with Crippen molar-refractivity contribution < 1.29 is 19.4 Å². The zero-order valence-corrected chi connectivity index (χ0v) is 15.1. The molecule has 0 aliphatic carbocycles. The van der Waals surface area contributed by atoms with Gasteiger partial charge in [0.05, 0.1) is 5.97 Å². The van der Waals surface area contributed by atoms with E-state index in [0.717, 1.165) is 19.3 Å². The lowest BCUT2D eigenvalue weighted by Gasteiger charge is -2.17. The first-order valence-corrected chi connectivity index (χ1v) is 9.46. The molecule has 0 spiro atoms. The van der Waals surface area contributed by atoms with Crippen LogP contribution < -0.4 is 5.11 Å². The fraction of sp³-hybridized carbons (Fsp3) is 0.895. The van der Waals surface area contributed by atoms with Crippen molar-refractivity contribution in [3.63, 3.8) is 0 Å². The SMILES string of the molecule is CCCCCCCCCCCCCCCC(OC(C)=O)C(=O)[O-]. The highest BCUT2D eigenvalue weighted by Gasteiger charge is 2.12. The normalized spacial score (nSPS) is 12.1. The molecule has 0 N–H and O–H groups in total. The van der Waals surface area contributed by atoms with Crippen LogP contribution in [0.2, 0.25) is 0 Å². The van der Waals surface area contributed by atoms with Crippen molar-refractivity contribution in [1.29, 1.82) is 0 Å². The number of hydrogen-bond donors (Lipinski definition) is 0. The van der Waals surface area contributed by atoms with Gasteiger partial charge >= 0.3 is 5.97 Å². The summed E-state index contributed by atoms with van der Waals surface area (Å²) in [5, 5.41) is 10.8. The average molecular weight is 327 g/mol. The van der Waals surface area contributed by atoms with E-state index >= 15 is 0 Å². The van der Waals surface area contributed by atoms with Gasteiger partial charge in [-0.25, -0.2) is 0 Å². The summed E-state index contributed by atoms with van der Waals surface area (Å²) in [6.45, 7) is 3.47. The second kappa shape index (κ2) is 15.8. The van der Waals surface area contributed by atoms with Gasteiger partial charge in [-0.1, -0.05) is 84.0 Å². The molecule has 0 radical (unpaired) electrons. The highest BCUT2D eigenvalue weighted by molar-refractivity contribution is 5.75. The Morgan fingerprint density at radius 3 is 1.52 bits per heavy atom. The fourth-order valence-electron chi connectivity index (χ4n) is 2.77. The van der Waals surface area contributed by atoms with E-state index in [1.54, 1.807) is 0 Å². The summed E-state index contributed by atoms with van der Waals surface area (Å²) in [6, 6.07) is 0. The molecule has 23 heavy (non-hydrogen) atoms. The number of esters is 1. The number of carbonyl (C=O) groups excluding carboxylic acids is 2. The third-order valence-corrected chi connectivity index (χ3v) is 4.14. The van der Waals surface area contributed by atoms with Crippen molar-refractivity contribution >= 4 is 11.9 Å². The van der Waals surface area contributed by atoms with Crippen LogP contribution in [0.5, 0.6) is 0 Å². The Balaban J connectivity index is 3.32. The maximum absolute atomic E-state index is 10.8. The van der Waals surface area contributed by atoms with Gasteiger partial charge in [0.1, 0.15) is 6.10 Å². The Morgan fingerprint density at radius 2 is 1.17 bits per heavy atom. The molecule has 0 aromatic rings. The second-order valence-electron chi connectivity index (χ2n) is 6.45. The first-order valence-electron chi connectivity index (χ1n) is 9.46. The average Bonchev–Trinajstić information content (AvgIpc) is 2.50. The fourth-order valence-corrected chi connectivity index (χ4v) is 2.77. The summed E-state index contributed by atoms with van der Waals surface area (Å²) in [6.07, 6.45) is 15.5. The molecule has 0 fully saturated rings. The summed E-state index contributed by atoms with van der Waals surface area (Å²) in [4.78, 5) is 21.6. The predicted molar refractivity (Wildman–Crippen MR) is 90.9 cm³/mol. The Hall–Kier alpha value is -1.06. The van der Waals surface area contributed by atoms with Crippen LogP contribution >= 0.6 is 0 Å². The smallest absolute Gasteiger partial charge is 0.303 e. The van der Waals surface area contributed by atoms with Gasteiger partial charge in [0, 0.05) is 6.92 Å². The van der Waals surface area contributed by atoms with Gasteiger partial charge in [0.15, 0.2) is 0 Å². The van der Waals surface area contributed by atoms with Crippen molar-refractivity contribution in [3.8, 4) is 0 Å². The molecule has 0 amide bonds. The second-order valence-corrected chi connectivity index (χ2v) is 6.45. The molecule has 0 aliphatic rings. The van der Waals surface area contributed by atoms with Gasteiger partial charge in [-0.05, 0) is 12.8 Å². The monoisotopic (exact) mass is 327 g/mol. The lowest BCUT2D eigenvalue weighted by atomic mass is 10.0. The minimum Gasteiger partial charge on any atom is -0.546 e. The van der Waals surface area contributed by atoms with E-state index in [4.69, 9.17) is 4.74 Å². The van der Waals surface area contributed by atoms with Gasteiger partial charge in [0.25, 0.3) is 0 Å². The first-order chi connectivity index (χ1) is 11.1. The Morgan fingerprint density at radius 1 is 0.783 bits per heavy atom. The molecular weight excluding hydrogens is 292 g/mol. The van der Waals surface area contributed by atoms with Crippen molar-refractivity contribution in [2.75, 3.05) is 0 Å². The number of hydrogen-bond acceptors (Lipinski definition) is 4. The summed E-state index contributed by atoms with van der Waals surface area (Å²) < 4.78 is 4.72. The molecule has 4 nitrogen and oxygen atoms in total. The maximum Gasteiger partial charge on any atom is 0.303 e. The standard InChI is InChI=1S/C19H36O4/c1-3-4-5-6-7-8-9-10-11-12-13-14-15-16-18(19(21)22)23-17(2)20/h18H,3-16H2,1-2H3,(H,21,22)/p-1. The number of carbonyl (C=O) groups is 2. The van der Waals surface area contributed by atoms with Crippen LogP contribution in [0, 0.1) is 0 Å². The van der Waals surface area contributed by atoms with Crippen molar-refractivity contribution in [1.82, 2.24) is 0 Å². The van der Waals surface area contributed by atoms with E-state index in [0.29, 0.717) is 6.42 Å². The molecule has 1 unspecified atom stereocenters. The lowest BCUT2D eigenvalue weighted by molar-refractivity contribution is -0.315. The van der Waals surface area contributed by atoms with E-state index in [1.807, 2.05) is 0 Å². The van der Waals surface area contributed by atoms with E-state index in [-0.39, 0.29) is 0 Å². The number of aliphatic carboxylic acids is 1. The van der Waals surface area contributed by atoms with Gasteiger partial charge in [-0.3, -0.25) is 4.79 Å². The minimum atomic E-state index is -1.29. The summed E-state index contributed by atoms with van der Waals surface area (Å²) in [5.41, 5.74) is 0. The molecule has 0 heterocycles. The van der Waals surface area contributed by atoms with E-state index in [1.165, 1.54) is 71.1 Å². The number of carboxylic acids is 1. The number of carboxylic acid groups (broad SMARTS) is 1. The Labute approximate surface area is 142 Å². The van der Waals surface area contributed by atoms with Gasteiger partial charge in [-0.2, -0.15) is 0 Å². The number of ether oxygens (including phenoxy) is 1. The molecule has 4 heteroatoms. The van der Waals surface area contributed by atoms with Gasteiger partial charge < -0.3 is 14.6 Å². The third-order valence-electron chi connectivity index (χ3n) is 4.14. The molecule has 0 saturated heterocycles. The van der Waals surface area contributed by atoms with Crippen LogP contribution in [0.3, 0.4) is 0 Å². The third kappa shape index (κ3) is 15.6. The van der Waals surface area contributed by atoms with Crippen LogP contribution in [0.25, 0.3) is 0 Å². The van der Waals surface area contributed by atoms with E-state index in [9.17, 15) is 14.7 Å². The molecule has 0 rings (SSSR count). The molecule has 0 aromatic carbocycles. The van der Waals surface area contributed by atoms with Crippen molar-refractivity contribution in [3.05, 3.63) is 0 Å². The Kier molecular flexibility index (Phi) is 15.1. The summed E-state index contributed by atoms with van der Waals surface area (Å²) in [5.74, 6) is -1.85. The summed E-state index contributed by atoms with van der Waals surface area (Å²) >= 11 is 0. The predicted octanol–water partition coefficient (Wildman–Crippen LogP) is 4.15. The molecule has 0 bridgehead atoms. The van der Waals surface area contributed by atoms with Crippen LogP contribution in [0.4, 0.5) is 0 Å². The molecule has 0 aliphatic heterocycles. The van der Waals surface area contributed by atoms with E-state index < -0.39 is 18.0 Å². The van der Waals surface area contributed by atoms with Crippen LogP contribution in [-0.2, 0) is 14.3 Å². The van der Waals surface area contributed by atoms with Gasteiger partial charge in [-0.15, -0.1) is 0 Å². The Bertz CT molecular complexity index is 302. The number of rotatable bonds is 16. The van der Waals surface area contributed by atoms with Crippen LogP contribution in [0.15, 0.2) is 0 Å². The topological polar surface area (TPSA) is 66.4 Å². The van der Waals surface area contributed by atoms with Crippen molar-refractivity contribution in [2.24, 2.45) is 0 Å². The summed E-state index contributed by atoms with van der Waals surface area (Å²) in [7, 11) is 0. The highest BCUT2D eigenvalue weighted by Crippen LogP contribution is 2.14. The number of unbranched alkanes of at least 4 members (excludes halogenated alkanes) is 12. The molecule has 0 aromatic heterocycles.